The number of hydrogen-bond donors (Lipinski definition) is 2. The molecule has 0 aliphatic heterocycles. The molecule has 1 fully saturated rings. The Balaban J connectivity index is 2.22. The third-order valence-electron chi connectivity index (χ3n) is 3.49. The molecular weight excluding hydrogens is 316 g/mol. The fourth-order valence-electron chi connectivity index (χ4n) is 2.31. The first kappa shape index (κ1) is 15.8. The number of hydrogen-bond acceptors (Lipinski definition) is 3. The Morgan fingerprint density at radius 2 is 2.05 bits per heavy atom. The molecule has 2 rings (SSSR count). The van der Waals surface area contributed by atoms with Crippen LogP contribution in [0, 0.1) is 0 Å². The minimum Gasteiger partial charge on any atom is -0.395 e. The van der Waals surface area contributed by atoms with Crippen LogP contribution in [-0.4, -0.2) is 29.8 Å². The minimum atomic E-state index is 0.103. The van der Waals surface area contributed by atoms with Gasteiger partial charge in [-0.2, -0.15) is 0 Å². The van der Waals surface area contributed by atoms with E-state index < -0.39 is 0 Å². The van der Waals surface area contributed by atoms with Gasteiger partial charge in [-0.1, -0.05) is 22.0 Å². The number of aliphatic hydroxyl groups is 1. The van der Waals surface area contributed by atoms with Gasteiger partial charge in [-0.25, -0.2) is 0 Å². The van der Waals surface area contributed by atoms with Gasteiger partial charge in [-0.05, 0) is 51.3 Å². The second-order valence-electron chi connectivity index (χ2n) is 6.52. The van der Waals surface area contributed by atoms with Crippen molar-refractivity contribution in [2.45, 2.75) is 51.7 Å². The Bertz CT molecular complexity index is 452. The van der Waals surface area contributed by atoms with E-state index in [0.717, 1.165) is 11.0 Å². The molecule has 0 spiro atoms. The van der Waals surface area contributed by atoms with Crippen LogP contribution in [0.4, 0.5) is 5.69 Å². The lowest BCUT2D eigenvalue weighted by atomic mass is 10.1. The molecule has 1 aromatic rings. The summed E-state index contributed by atoms with van der Waals surface area (Å²) in [6.45, 7) is 8.30. The molecule has 4 heteroatoms. The fraction of sp³-hybridized carbons (Fsp3) is 0.625. The van der Waals surface area contributed by atoms with Gasteiger partial charge in [-0.15, -0.1) is 0 Å². The summed E-state index contributed by atoms with van der Waals surface area (Å²) in [4.78, 5) is 2.35. The number of nitrogens with one attached hydrogen (secondary N) is 1. The molecule has 1 aromatic carbocycles. The van der Waals surface area contributed by atoms with E-state index in [-0.39, 0.29) is 12.1 Å². The zero-order chi connectivity index (χ0) is 14.8. The summed E-state index contributed by atoms with van der Waals surface area (Å²) in [7, 11) is 0. The number of nitrogens with zero attached hydrogens (tertiary/aromatic N) is 1. The summed E-state index contributed by atoms with van der Waals surface area (Å²) in [5, 5.41) is 12.9. The van der Waals surface area contributed by atoms with Crippen molar-refractivity contribution in [1.82, 2.24) is 5.32 Å². The van der Waals surface area contributed by atoms with Crippen molar-refractivity contribution in [1.29, 1.82) is 0 Å². The lowest BCUT2D eigenvalue weighted by Crippen LogP contribution is -2.36. The first-order valence-corrected chi connectivity index (χ1v) is 8.11. The van der Waals surface area contributed by atoms with E-state index in [1.807, 2.05) is 0 Å². The Morgan fingerprint density at radius 3 is 2.60 bits per heavy atom. The largest absolute Gasteiger partial charge is 0.395 e. The number of anilines is 1. The molecule has 1 aliphatic carbocycles. The number of halogens is 1. The van der Waals surface area contributed by atoms with E-state index in [1.54, 1.807) is 0 Å². The summed E-state index contributed by atoms with van der Waals surface area (Å²) in [6, 6.07) is 7.04. The molecule has 20 heavy (non-hydrogen) atoms. The summed E-state index contributed by atoms with van der Waals surface area (Å²) < 4.78 is 1.09. The van der Waals surface area contributed by atoms with Gasteiger partial charge >= 0.3 is 0 Å². The molecule has 0 heterocycles. The van der Waals surface area contributed by atoms with Crippen LogP contribution in [0.3, 0.4) is 0 Å². The van der Waals surface area contributed by atoms with Crippen molar-refractivity contribution < 1.29 is 5.11 Å². The summed E-state index contributed by atoms with van der Waals surface area (Å²) in [6.07, 6.45) is 2.47. The van der Waals surface area contributed by atoms with Crippen molar-refractivity contribution in [3.8, 4) is 0 Å². The minimum absolute atomic E-state index is 0.103. The second-order valence-corrected chi connectivity index (χ2v) is 7.44. The van der Waals surface area contributed by atoms with Crippen LogP contribution < -0.4 is 10.2 Å². The first-order valence-electron chi connectivity index (χ1n) is 7.31. The maximum atomic E-state index is 9.32. The Morgan fingerprint density at radius 1 is 1.35 bits per heavy atom. The molecule has 3 nitrogen and oxygen atoms in total. The highest BCUT2D eigenvalue weighted by atomic mass is 79.9. The second kappa shape index (κ2) is 6.46. The SMILES string of the molecule is CC(C)(C)NCc1ccc(Br)cc1N(CCO)C1CC1. The molecule has 0 aromatic heterocycles. The van der Waals surface area contributed by atoms with Gasteiger partial charge in [0.15, 0.2) is 0 Å². The number of rotatable bonds is 6. The van der Waals surface area contributed by atoms with Gasteiger partial charge in [0.25, 0.3) is 0 Å². The summed E-state index contributed by atoms with van der Waals surface area (Å²) in [5.74, 6) is 0. The van der Waals surface area contributed by atoms with E-state index in [1.165, 1.54) is 24.1 Å². The predicted octanol–water partition coefficient (Wildman–Crippen LogP) is 3.30. The molecule has 0 amide bonds. The normalized spacial score (nSPS) is 15.4. The van der Waals surface area contributed by atoms with Crippen LogP contribution in [0.25, 0.3) is 0 Å². The van der Waals surface area contributed by atoms with Crippen molar-refractivity contribution >= 4 is 21.6 Å². The average Bonchev–Trinajstić information content (AvgIpc) is 3.17. The van der Waals surface area contributed by atoms with Gasteiger partial charge in [-0.3, -0.25) is 0 Å². The smallest absolute Gasteiger partial charge is 0.0606 e. The molecule has 0 saturated heterocycles. The van der Waals surface area contributed by atoms with Crippen molar-refractivity contribution in [3.63, 3.8) is 0 Å². The maximum Gasteiger partial charge on any atom is 0.0606 e. The monoisotopic (exact) mass is 340 g/mol. The van der Waals surface area contributed by atoms with Gasteiger partial charge in [0.05, 0.1) is 6.61 Å². The molecule has 112 valence electrons. The average molecular weight is 341 g/mol. The van der Waals surface area contributed by atoms with Crippen molar-refractivity contribution in [2.75, 3.05) is 18.1 Å². The zero-order valence-corrected chi connectivity index (χ0v) is 14.2. The molecule has 0 atom stereocenters. The topological polar surface area (TPSA) is 35.5 Å². The Labute approximate surface area is 130 Å². The third-order valence-corrected chi connectivity index (χ3v) is 3.99. The maximum absolute atomic E-state index is 9.32. The summed E-state index contributed by atoms with van der Waals surface area (Å²) in [5.41, 5.74) is 2.64. The number of aliphatic hydroxyl groups excluding tert-OH is 1. The highest BCUT2D eigenvalue weighted by Gasteiger charge is 2.30. The van der Waals surface area contributed by atoms with Gasteiger partial charge in [0.1, 0.15) is 0 Å². The molecule has 0 bridgehead atoms. The van der Waals surface area contributed by atoms with E-state index in [0.29, 0.717) is 12.6 Å². The van der Waals surface area contributed by atoms with E-state index >= 15 is 0 Å². The van der Waals surface area contributed by atoms with Crippen LogP contribution in [0.15, 0.2) is 22.7 Å². The van der Waals surface area contributed by atoms with Crippen molar-refractivity contribution in [3.05, 3.63) is 28.2 Å². The highest BCUT2D eigenvalue weighted by molar-refractivity contribution is 9.10. The van der Waals surface area contributed by atoms with Crippen LogP contribution in [-0.2, 0) is 6.54 Å². The van der Waals surface area contributed by atoms with E-state index in [4.69, 9.17) is 0 Å². The first-order chi connectivity index (χ1) is 9.40. The van der Waals surface area contributed by atoms with Crippen LogP contribution in [0.1, 0.15) is 39.2 Å². The molecule has 2 N–H and O–H groups in total. The molecule has 0 unspecified atom stereocenters. The molecular formula is C16H25BrN2O. The van der Waals surface area contributed by atoms with E-state index in [2.05, 4.69) is 65.1 Å². The fourth-order valence-corrected chi connectivity index (χ4v) is 2.66. The van der Waals surface area contributed by atoms with Gasteiger partial charge in [0, 0.05) is 34.8 Å². The lowest BCUT2D eigenvalue weighted by Gasteiger charge is -2.28. The van der Waals surface area contributed by atoms with Gasteiger partial charge in [0.2, 0.25) is 0 Å². The van der Waals surface area contributed by atoms with Crippen LogP contribution in [0.5, 0.6) is 0 Å². The van der Waals surface area contributed by atoms with Crippen LogP contribution in [0.2, 0.25) is 0 Å². The Kier molecular flexibility index (Phi) is 5.10. The lowest BCUT2D eigenvalue weighted by molar-refractivity contribution is 0.301. The van der Waals surface area contributed by atoms with Gasteiger partial charge < -0.3 is 15.3 Å². The molecule has 0 radical (unpaired) electrons. The third kappa shape index (κ3) is 4.47. The van der Waals surface area contributed by atoms with E-state index in [9.17, 15) is 5.11 Å². The van der Waals surface area contributed by atoms with Crippen molar-refractivity contribution in [2.24, 2.45) is 0 Å². The highest BCUT2D eigenvalue weighted by Crippen LogP contribution is 2.35. The molecule has 1 aliphatic rings. The quantitative estimate of drug-likeness (QED) is 0.833. The zero-order valence-electron chi connectivity index (χ0n) is 12.6. The summed E-state index contributed by atoms with van der Waals surface area (Å²) >= 11 is 3.57. The predicted molar refractivity (Wildman–Crippen MR) is 88.2 cm³/mol. The standard InChI is InChI=1S/C16H25BrN2O/c1-16(2,3)18-11-12-4-5-13(17)10-15(12)19(8-9-20)14-6-7-14/h4-5,10,14,18,20H,6-9,11H2,1-3H3. The Hall–Kier alpha value is -0.580. The van der Waals surface area contributed by atoms with Crippen LogP contribution >= 0.6 is 15.9 Å². The molecule has 1 saturated carbocycles. The number of benzene rings is 1.